The highest BCUT2D eigenvalue weighted by Crippen LogP contribution is 2.19. The van der Waals surface area contributed by atoms with Gasteiger partial charge in [0, 0.05) is 12.1 Å². The molecule has 1 atom stereocenters. The van der Waals surface area contributed by atoms with Crippen molar-refractivity contribution in [3.63, 3.8) is 0 Å². The lowest BCUT2D eigenvalue weighted by Crippen LogP contribution is -2.31. The second kappa shape index (κ2) is 2.84. The molecule has 0 aliphatic carbocycles. The van der Waals surface area contributed by atoms with Crippen LogP contribution in [0.3, 0.4) is 0 Å². The van der Waals surface area contributed by atoms with E-state index in [1.165, 1.54) is 0 Å². The molecule has 1 heterocycles. The Labute approximate surface area is 61.4 Å². The Hall–Kier alpha value is 0.180. The molecule has 1 aliphatic rings. The van der Waals surface area contributed by atoms with Gasteiger partial charge in [-0.3, -0.25) is 0 Å². The van der Waals surface area contributed by atoms with Crippen LogP contribution in [0.4, 0.5) is 4.39 Å². The third-order valence-corrected chi connectivity index (χ3v) is 1.53. The van der Waals surface area contributed by atoms with E-state index in [9.17, 15) is 4.39 Å². The first-order valence-electron chi connectivity index (χ1n) is 2.99. The Morgan fingerprint density at radius 1 is 1.56 bits per heavy atom. The number of hydrogen-bond donors (Lipinski definition) is 1. The fourth-order valence-electron chi connectivity index (χ4n) is 1.09. The molecule has 0 amide bonds. The zero-order chi connectivity index (χ0) is 6.20. The Morgan fingerprint density at radius 3 is 2.22 bits per heavy atom. The van der Waals surface area contributed by atoms with Crippen LogP contribution < -0.4 is 5.32 Å². The standard InChI is InChI=1S/C6H12FN.ClH/c1-6(2)3-5(7)4-8-6;/h5,8H,3-4H2,1-2H3;1H. The summed E-state index contributed by atoms with van der Waals surface area (Å²) in [5, 5.41) is 3.07. The summed E-state index contributed by atoms with van der Waals surface area (Å²) in [6.07, 6.45) is 0.0394. The van der Waals surface area contributed by atoms with Crippen LogP contribution in [0.15, 0.2) is 0 Å². The minimum Gasteiger partial charge on any atom is -0.309 e. The summed E-state index contributed by atoms with van der Waals surface area (Å²) >= 11 is 0. The number of hydrogen-bond acceptors (Lipinski definition) is 1. The van der Waals surface area contributed by atoms with Gasteiger partial charge in [0.2, 0.25) is 0 Å². The van der Waals surface area contributed by atoms with E-state index in [1.54, 1.807) is 0 Å². The lowest BCUT2D eigenvalue weighted by molar-refractivity contribution is 0.340. The molecule has 0 aromatic carbocycles. The molecule has 0 aromatic rings. The molecule has 1 saturated heterocycles. The molecular weight excluding hydrogens is 141 g/mol. The Morgan fingerprint density at radius 2 is 2.11 bits per heavy atom. The van der Waals surface area contributed by atoms with Gasteiger partial charge in [-0.05, 0) is 20.3 Å². The summed E-state index contributed by atoms with van der Waals surface area (Å²) in [6.45, 7) is 4.58. The van der Waals surface area contributed by atoms with Gasteiger partial charge in [0.15, 0.2) is 0 Å². The van der Waals surface area contributed by atoms with E-state index in [-0.39, 0.29) is 17.9 Å². The maximum Gasteiger partial charge on any atom is 0.114 e. The number of alkyl halides is 1. The Bertz CT molecular complexity index is 95.1. The first kappa shape index (κ1) is 9.18. The third kappa shape index (κ3) is 2.50. The average molecular weight is 154 g/mol. The average Bonchev–Trinajstić information content (AvgIpc) is 1.82. The first-order valence-corrected chi connectivity index (χ1v) is 2.99. The van der Waals surface area contributed by atoms with Gasteiger partial charge in [-0.2, -0.15) is 0 Å². The molecule has 0 spiro atoms. The van der Waals surface area contributed by atoms with E-state index in [0.717, 1.165) is 0 Å². The Balaban J connectivity index is 0.000000640. The van der Waals surface area contributed by atoms with Gasteiger partial charge in [0.1, 0.15) is 6.17 Å². The van der Waals surface area contributed by atoms with Crippen LogP contribution in [-0.2, 0) is 0 Å². The SMILES string of the molecule is CC1(C)CC(F)CN1.Cl. The highest BCUT2D eigenvalue weighted by atomic mass is 35.5. The van der Waals surface area contributed by atoms with Crippen LogP contribution in [0.25, 0.3) is 0 Å². The van der Waals surface area contributed by atoms with Crippen molar-refractivity contribution < 1.29 is 4.39 Å². The predicted octanol–water partition coefficient (Wildman–Crippen LogP) is 1.52. The summed E-state index contributed by atoms with van der Waals surface area (Å²) in [4.78, 5) is 0. The largest absolute Gasteiger partial charge is 0.309 e. The molecule has 1 rings (SSSR count). The molecule has 1 fully saturated rings. The monoisotopic (exact) mass is 153 g/mol. The summed E-state index contributed by atoms with van der Waals surface area (Å²) in [7, 11) is 0. The van der Waals surface area contributed by atoms with Crippen molar-refractivity contribution in [1.29, 1.82) is 0 Å². The Kier molecular flexibility index (Phi) is 2.90. The highest BCUT2D eigenvalue weighted by molar-refractivity contribution is 5.85. The fraction of sp³-hybridized carbons (Fsp3) is 1.00. The molecule has 1 unspecified atom stereocenters. The number of rotatable bonds is 0. The fourth-order valence-corrected chi connectivity index (χ4v) is 1.09. The van der Waals surface area contributed by atoms with Crippen molar-refractivity contribution in [2.75, 3.05) is 6.54 Å². The van der Waals surface area contributed by atoms with Gasteiger partial charge >= 0.3 is 0 Å². The van der Waals surface area contributed by atoms with Crippen LogP contribution in [0.5, 0.6) is 0 Å². The molecule has 9 heavy (non-hydrogen) atoms. The molecule has 56 valence electrons. The van der Waals surface area contributed by atoms with E-state index in [2.05, 4.69) is 5.32 Å². The van der Waals surface area contributed by atoms with E-state index >= 15 is 0 Å². The third-order valence-electron chi connectivity index (χ3n) is 1.53. The number of nitrogens with one attached hydrogen (secondary N) is 1. The van der Waals surface area contributed by atoms with Gasteiger partial charge in [-0.15, -0.1) is 12.4 Å². The molecule has 0 aromatic heterocycles. The molecular formula is C6H13ClFN. The lowest BCUT2D eigenvalue weighted by Gasteiger charge is -2.15. The van der Waals surface area contributed by atoms with Crippen molar-refractivity contribution in [1.82, 2.24) is 5.32 Å². The van der Waals surface area contributed by atoms with Crippen molar-refractivity contribution in [2.24, 2.45) is 0 Å². The molecule has 0 saturated carbocycles. The van der Waals surface area contributed by atoms with E-state index < -0.39 is 6.17 Å². The minimum absolute atomic E-state index is 0. The van der Waals surface area contributed by atoms with Crippen LogP contribution in [-0.4, -0.2) is 18.3 Å². The van der Waals surface area contributed by atoms with Gasteiger partial charge in [-0.25, -0.2) is 4.39 Å². The zero-order valence-electron chi connectivity index (χ0n) is 5.78. The van der Waals surface area contributed by atoms with Crippen LogP contribution in [0, 0.1) is 0 Å². The van der Waals surface area contributed by atoms with E-state index in [4.69, 9.17) is 0 Å². The maximum atomic E-state index is 12.4. The van der Waals surface area contributed by atoms with Gasteiger partial charge in [0.25, 0.3) is 0 Å². The minimum atomic E-state index is -0.620. The summed E-state index contributed by atoms with van der Waals surface area (Å²) in [6, 6.07) is 0. The molecule has 1 aliphatic heterocycles. The van der Waals surface area contributed by atoms with Crippen molar-refractivity contribution in [3.05, 3.63) is 0 Å². The first-order chi connectivity index (χ1) is 3.60. The molecule has 0 bridgehead atoms. The van der Waals surface area contributed by atoms with Crippen LogP contribution >= 0.6 is 12.4 Å². The lowest BCUT2D eigenvalue weighted by atomic mass is 10.0. The molecule has 0 radical (unpaired) electrons. The second-order valence-corrected chi connectivity index (χ2v) is 3.07. The number of halogens is 2. The normalized spacial score (nSPS) is 31.7. The quantitative estimate of drug-likeness (QED) is 0.557. The van der Waals surface area contributed by atoms with Crippen molar-refractivity contribution in [3.8, 4) is 0 Å². The molecule has 1 nitrogen and oxygen atoms in total. The van der Waals surface area contributed by atoms with Gasteiger partial charge in [0.05, 0.1) is 0 Å². The maximum absolute atomic E-state index is 12.4. The summed E-state index contributed by atoms with van der Waals surface area (Å²) in [5.74, 6) is 0. The van der Waals surface area contributed by atoms with Crippen LogP contribution in [0.2, 0.25) is 0 Å². The topological polar surface area (TPSA) is 12.0 Å². The summed E-state index contributed by atoms with van der Waals surface area (Å²) < 4.78 is 12.4. The van der Waals surface area contributed by atoms with Crippen LogP contribution in [0.1, 0.15) is 20.3 Å². The van der Waals surface area contributed by atoms with Gasteiger partial charge < -0.3 is 5.32 Å². The predicted molar refractivity (Wildman–Crippen MR) is 38.8 cm³/mol. The van der Waals surface area contributed by atoms with Crippen molar-refractivity contribution >= 4 is 12.4 Å². The van der Waals surface area contributed by atoms with E-state index in [1.807, 2.05) is 13.8 Å². The summed E-state index contributed by atoms with van der Waals surface area (Å²) in [5.41, 5.74) is 0.0411. The smallest absolute Gasteiger partial charge is 0.114 e. The molecule has 3 heteroatoms. The van der Waals surface area contributed by atoms with Crippen molar-refractivity contribution in [2.45, 2.75) is 32.0 Å². The second-order valence-electron chi connectivity index (χ2n) is 3.07. The molecule has 1 N–H and O–H groups in total. The zero-order valence-corrected chi connectivity index (χ0v) is 6.59. The highest BCUT2D eigenvalue weighted by Gasteiger charge is 2.29. The van der Waals surface area contributed by atoms with Gasteiger partial charge in [-0.1, -0.05) is 0 Å². The van der Waals surface area contributed by atoms with E-state index in [0.29, 0.717) is 13.0 Å².